The third-order valence-corrected chi connectivity index (χ3v) is 8.29. The standard InChI is InChI=1S/C26H28FN5O2S/c27-20-12-13-23-22(14-20)25(28)32-26(31-23)29-15-17-8-10-18(11-9-17)16-30-35(33,34)24-7-3-5-19-4-1-2-6-21(19)24/h1-7,12-14,17-18,30H,8-11,15-16H2,(H3,28,29,31,32). The fourth-order valence-electron chi connectivity index (χ4n) is 4.81. The summed E-state index contributed by atoms with van der Waals surface area (Å²) in [6.45, 7) is 1.15. The molecule has 4 N–H and O–H groups in total. The number of hydrogen-bond acceptors (Lipinski definition) is 6. The van der Waals surface area contributed by atoms with E-state index < -0.39 is 10.0 Å². The Morgan fingerprint density at radius 2 is 1.60 bits per heavy atom. The molecule has 3 aromatic carbocycles. The average molecular weight is 494 g/mol. The van der Waals surface area contributed by atoms with E-state index in [-0.39, 0.29) is 11.6 Å². The van der Waals surface area contributed by atoms with Crippen LogP contribution in [-0.2, 0) is 10.0 Å². The molecule has 1 heterocycles. The van der Waals surface area contributed by atoms with E-state index in [1.54, 1.807) is 18.2 Å². The Labute approximate surface area is 204 Å². The van der Waals surface area contributed by atoms with Crippen molar-refractivity contribution in [3.63, 3.8) is 0 Å². The number of benzene rings is 3. The Balaban J connectivity index is 1.14. The zero-order chi connectivity index (χ0) is 24.4. The lowest BCUT2D eigenvalue weighted by Gasteiger charge is -2.28. The summed E-state index contributed by atoms with van der Waals surface area (Å²) >= 11 is 0. The molecule has 0 amide bonds. The lowest BCUT2D eigenvalue weighted by atomic mass is 9.82. The molecule has 0 unspecified atom stereocenters. The molecular formula is C26H28FN5O2S. The fraction of sp³-hybridized carbons (Fsp3) is 0.308. The number of rotatable bonds is 7. The molecule has 0 atom stereocenters. The quantitative estimate of drug-likeness (QED) is 0.344. The number of nitrogens with one attached hydrogen (secondary N) is 2. The first-order valence-electron chi connectivity index (χ1n) is 11.8. The zero-order valence-electron chi connectivity index (χ0n) is 19.2. The highest BCUT2D eigenvalue weighted by atomic mass is 32.2. The van der Waals surface area contributed by atoms with Crippen LogP contribution in [0.2, 0.25) is 0 Å². The number of aromatic nitrogens is 2. The molecule has 0 bridgehead atoms. The van der Waals surface area contributed by atoms with Gasteiger partial charge in [-0.15, -0.1) is 0 Å². The van der Waals surface area contributed by atoms with Crippen molar-refractivity contribution in [3.8, 4) is 0 Å². The molecule has 1 aromatic heterocycles. The van der Waals surface area contributed by atoms with Crippen molar-refractivity contribution in [2.75, 3.05) is 24.1 Å². The van der Waals surface area contributed by atoms with E-state index >= 15 is 0 Å². The van der Waals surface area contributed by atoms with Crippen molar-refractivity contribution >= 4 is 43.5 Å². The molecule has 1 saturated carbocycles. The van der Waals surface area contributed by atoms with Crippen molar-refractivity contribution < 1.29 is 12.8 Å². The van der Waals surface area contributed by atoms with Gasteiger partial charge in [0.15, 0.2) is 0 Å². The minimum Gasteiger partial charge on any atom is -0.383 e. The molecule has 0 radical (unpaired) electrons. The number of sulfonamides is 1. The van der Waals surface area contributed by atoms with Crippen LogP contribution < -0.4 is 15.8 Å². The summed E-state index contributed by atoms with van der Waals surface area (Å²) in [6, 6.07) is 17.2. The summed E-state index contributed by atoms with van der Waals surface area (Å²) in [5, 5.41) is 5.41. The normalized spacial score (nSPS) is 18.7. The topological polar surface area (TPSA) is 110 Å². The molecule has 1 fully saturated rings. The maximum Gasteiger partial charge on any atom is 0.241 e. The van der Waals surface area contributed by atoms with E-state index in [4.69, 9.17) is 5.73 Å². The molecule has 1 aliphatic carbocycles. The summed E-state index contributed by atoms with van der Waals surface area (Å²) in [5.74, 6) is 1.06. The van der Waals surface area contributed by atoms with E-state index in [1.165, 1.54) is 12.1 Å². The minimum absolute atomic E-state index is 0.249. The van der Waals surface area contributed by atoms with E-state index in [9.17, 15) is 12.8 Å². The third-order valence-electron chi connectivity index (χ3n) is 6.80. The molecule has 5 rings (SSSR count). The highest BCUT2D eigenvalue weighted by Crippen LogP contribution is 2.30. The lowest BCUT2D eigenvalue weighted by molar-refractivity contribution is 0.284. The lowest BCUT2D eigenvalue weighted by Crippen LogP contribution is -2.32. The van der Waals surface area contributed by atoms with Crippen LogP contribution in [0.5, 0.6) is 0 Å². The predicted molar refractivity (Wildman–Crippen MR) is 137 cm³/mol. The van der Waals surface area contributed by atoms with Crippen LogP contribution in [0.1, 0.15) is 25.7 Å². The van der Waals surface area contributed by atoms with Gasteiger partial charge in [0, 0.05) is 23.9 Å². The van der Waals surface area contributed by atoms with Crippen LogP contribution in [-0.4, -0.2) is 31.5 Å². The SMILES string of the molecule is Nc1nc(NCC2CCC(CNS(=O)(=O)c3cccc4ccccc34)CC2)nc2ccc(F)cc12. The molecule has 0 aliphatic heterocycles. The van der Waals surface area contributed by atoms with Crippen LogP contribution in [0.25, 0.3) is 21.7 Å². The van der Waals surface area contributed by atoms with Gasteiger partial charge in [-0.2, -0.15) is 4.98 Å². The molecule has 1 aliphatic rings. The maximum atomic E-state index is 13.4. The van der Waals surface area contributed by atoms with Gasteiger partial charge in [0.2, 0.25) is 16.0 Å². The van der Waals surface area contributed by atoms with Gasteiger partial charge < -0.3 is 11.1 Å². The number of nitrogens with zero attached hydrogens (tertiary/aromatic N) is 2. The van der Waals surface area contributed by atoms with Crippen LogP contribution >= 0.6 is 0 Å². The molecule has 182 valence electrons. The van der Waals surface area contributed by atoms with E-state index in [0.717, 1.165) is 36.5 Å². The van der Waals surface area contributed by atoms with Crippen molar-refractivity contribution in [2.45, 2.75) is 30.6 Å². The Morgan fingerprint density at radius 1 is 0.886 bits per heavy atom. The molecule has 4 aromatic rings. The van der Waals surface area contributed by atoms with Crippen LogP contribution in [0.15, 0.2) is 65.6 Å². The summed E-state index contributed by atoms with van der Waals surface area (Å²) in [5.41, 5.74) is 6.58. The first kappa shape index (κ1) is 23.4. The Hall–Kier alpha value is -3.30. The van der Waals surface area contributed by atoms with Gasteiger partial charge in [0.05, 0.1) is 10.4 Å². The number of halogens is 1. The second-order valence-corrected chi connectivity index (χ2v) is 10.9. The molecule has 35 heavy (non-hydrogen) atoms. The van der Waals surface area contributed by atoms with Gasteiger partial charge in [0.25, 0.3) is 0 Å². The number of anilines is 2. The second-order valence-electron chi connectivity index (χ2n) is 9.19. The zero-order valence-corrected chi connectivity index (χ0v) is 20.1. The van der Waals surface area contributed by atoms with Crippen LogP contribution in [0.4, 0.5) is 16.2 Å². The van der Waals surface area contributed by atoms with Gasteiger partial charge in [-0.25, -0.2) is 22.5 Å². The number of nitrogen functional groups attached to an aromatic ring is 1. The molecule has 0 spiro atoms. The summed E-state index contributed by atoms with van der Waals surface area (Å²) < 4.78 is 42.2. The number of hydrogen-bond donors (Lipinski definition) is 3. The molecule has 7 nitrogen and oxygen atoms in total. The Morgan fingerprint density at radius 3 is 2.40 bits per heavy atom. The average Bonchev–Trinajstić information content (AvgIpc) is 2.87. The van der Waals surface area contributed by atoms with E-state index in [0.29, 0.717) is 46.7 Å². The summed E-state index contributed by atoms with van der Waals surface area (Å²) in [4.78, 5) is 9.02. The van der Waals surface area contributed by atoms with Gasteiger partial charge in [0.1, 0.15) is 11.6 Å². The van der Waals surface area contributed by atoms with Gasteiger partial charge in [-0.3, -0.25) is 0 Å². The van der Waals surface area contributed by atoms with Crippen molar-refractivity contribution in [2.24, 2.45) is 11.8 Å². The van der Waals surface area contributed by atoms with E-state index in [2.05, 4.69) is 20.0 Å². The van der Waals surface area contributed by atoms with Gasteiger partial charge in [-0.1, -0.05) is 36.4 Å². The van der Waals surface area contributed by atoms with Gasteiger partial charge >= 0.3 is 0 Å². The van der Waals surface area contributed by atoms with Crippen molar-refractivity contribution in [1.29, 1.82) is 0 Å². The van der Waals surface area contributed by atoms with Crippen molar-refractivity contribution in [3.05, 3.63) is 66.5 Å². The summed E-state index contributed by atoms with van der Waals surface area (Å²) in [6.07, 6.45) is 3.87. The number of nitrogens with two attached hydrogens (primary N) is 1. The highest BCUT2D eigenvalue weighted by Gasteiger charge is 2.24. The first-order chi connectivity index (χ1) is 16.9. The Bertz CT molecular complexity index is 1460. The Kier molecular flexibility index (Phi) is 6.53. The maximum absolute atomic E-state index is 13.4. The van der Waals surface area contributed by atoms with Crippen molar-refractivity contribution in [1.82, 2.24) is 14.7 Å². The summed E-state index contributed by atoms with van der Waals surface area (Å²) in [7, 11) is -3.59. The second kappa shape index (κ2) is 9.75. The van der Waals surface area contributed by atoms with Crippen LogP contribution in [0.3, 0.4) is 0 Å². The predicted octanol–water partition coefficient (Wildman–Crippen LogP) is 4.70. The molecule has 9 heteroatoms. The molecular weight excluding hydrogens is 465 g/mol. The number of fused-ring (bicyclic) bond motifs is 2. The van der Waals surface area contributed by atoms with Gasteiger partial charge in [-0.05, 0) is 67.2 Å². The fourth-order valence-corrected chi connectivity index (χ4v) is 6.16. The largest absolute Gasteiger partial charge is 0.383 e. The molecule has 0 saturated heterocycles. The minimum atomic E-state index is -3.59. The van der Waals surface area contributed by atoms with E-state index in [1.807, 2.05) is 30.3 Å². The van der Waals surface area contributed by atoms with Crippen LogP contribution in [0, 0.1) is 17.7 Å². The first-order valence-corrected chi connectivity index (χ1v) is 13.3. The smallest absolute Gasteiger partial charge is 0.241 e. The third kappa shape index (κ3) is 5.21. The monoisotopic (exact) mass is 493 g/mol. The highest BCUT2D eigenvalue weighted by molar-refractivity contribution is 7.89.